The van der Waals surface area contributed by atoms with Gasteiger partial charge in [-0.2, -0.15) is 0 Å². The Bertz CT molecular complexity index is 1080. The molecule has 0 fully saturated rings. The SMILES string of the molecule is CCCCCCCOc1cccc(NCC(=O)Nc2ccc(C(=O)NC(C)c3ccccc3)cc2)c1. The molecule has 0 aliphatic heterocycles. The van der Waals surface area contributed by atoms with E-state index in [4.69, 9.17) is 4.74 Å². The molecule has 3 aromatic carbocycles. The number of anilines is 2. The Labute approximate surface area is 214 Å². The van der Waals surface area contributed by atoms with Crippen LogP contribution in [0.15, 0.2) is 78.9 Å². The number of amides is 2. The molecule has 1 unspecified atom stereocenters. The van der Waals surface area contributed by atoms with Crippen LogP contribution in [0, 0.1) is 0 Å². The van der Waals surface area contributed by atoms with E-state index in [-0.39, 0.29) is 24.4 Å². The van der Waals surface area contributed by atoms with Gasteiger partial charge in [0.05, 0.1) is 19.2 Å². The van der Waals surface area contributed by atoms with Crippen molar-refractivity contribution in [1.29, 1.82) is 0 Å². The summed E-state index contributed by atoms with van der Waals surface area (Å²) in [5.74, 6) is 0.465. The molecule has 0 heterocycles. The predicted molar refractivity (Wildman–Crippen MR) is 147 cm³/mol. The molecule has 3 aromatic rings. The number of rotatable bonds is 14. The molecule has 6 heteroatoms. The molecule has 6 nitrogen and oxygen atoms in total. The molecule has 0 bridgehead atoms. The number of benzene rings is 3. The molecule has 2 amide bonds. The second-order valence-corrected chi connectivity index (χ2v) is 8.88. The zero-order chi connectivity index (χ0) is 25.6. The van der Waals surface area contributed by atoms with Gasteiger partial charge in [0.2, 0.25) is 5.91 Å². The molecule has 3 rings (SSSR count). The van der Waals surface area contributed by atoms with Crippen LogP contribution in [0.5, 0.6) is 5.75 Å². The third kappa shape index (κ3) is 9.10. The summed E-state index contributed by atoms with van der Waals surface area (Å²) in [6, 6.07) is 24.2. The minimum Gasteiger partial charge on any atom is -0.494 e. The quantitative estimate of drug-likeness (QED) is 0.225. The molecular formula is C30H37N3O3. The molecular weight excluding hydrogens is 450 g/mol. The minimum atomic E-state index is -0.174. The van der Waals surface area contributed by atoms with Crippen molar-refractivity contribution in [2.75, 3.05) is 23.8 Å². The van der Waals surface area contributed by atoms with E-state index in [2.05, 4.69) is 22.9 Å². The lowest BCUT2D eigenvalue weighted by molar-refractivity contribution is -0.114. The summed E-state index contributed by atoms with van der Waals surface area (Å²) in [5, 5.41) is 8.98. The molecule has 0 saturated heterocycles. The van der Waals surface area contributed by atoms with E-state index in [1.54, 1.807) is 24.3 Å². The van der Waals surface area contributed by atoms with E-state index in [1.165, 1.54) is 25.7 Å². The summed E-state index contributed by atoms with van der Waals surface area (Å²) in [6.45, 7) is 4.98. The first-order valence-electron chi connectivity index (χ1n) is 12.8. The first-order chi connectivity index (χ1) is 17.5. The molecule has 1 atom stereocenters. The van der Waals surface area contributed by atoms with Crippen molar-refractivity contribution in [2.24, 2.45) is 0 Å². The topological polar surface area (TPSA) is 79.5 Å². The normalized spacial score (nSPS) is 11.4. The lowest BCUT2D eigenvalue weighted by Crippen LogP contribution is -2.26. The molecule has 0 radical (unpaired) electrons. The highest BCUT2D eigenvalue weighted by molar-refractivity contribution is 5.96. The monoisotopic (exact) mass is 487 g/mol. The maximum atomic E-state index is 12.6. The van der Waals surface area contributed by atoms with Gasteiger partial charge < -0.3 is 20.7 Å². The largest absolute Gasteiger partial charge is 0.494 e. The smallest absolute Gasteiger partial charge is 0.251 e. The summed E-state index contributed by atoms with van der Waals surface area (Å²) < 4.78 is 5.84. The maximum Gasteiger partial charge on any atom is 0.251 e. The minimum absolute atomic E-state index is 0.0983. The summed E-state index contributed by atoms with van der Waals surface area (Å²) in [4.78, 5) is 25.0. The zero-order valence-corrected chi connectivity index (χ0v) is 21.3. The molecule has 0 aliphatic rings. The molecule has 190 valence electrons. The van der Waals surface area contributed by atoms with E-state index >= 15 is 0 Å². The van der Waals surface area contributed by atoms with Gasteiger partial charge in [-0.25, -0.2) is 0 Å². The van der Waals surface area contributed by atoms with Gasteiger partial charge in [0.25, 0.3) is 5.91 Å². The van der Waals surface area contributed by atoms with Crippen molar-refractivity contribution < 1.29 is 14.3 Å². The van der Waals surface area contributed by atoms with Crippen LogP contribution < -0.4 is 20.7 Å². The van der Waals surface area contributed by atoms with Crippen molar-refractivity contribution in [3.8, 4) is 5.75 Å². The van der Waals surface area contributed by atoms with Crippen molar-refractivity contribution in [2.45, 2.75) is 52.0 Å². The summed E-state index contributed by atoms with van der Waals surface area (Å²) >= 11 is 0. The first-order valence-corrected chi connectivity index (χ1v) is 12.8. The van der Waals surface area contributed by atoms with Crippen LogP contribution in [0.2, 0.25) is 0 Å². The van der Waals surface area contributed by atoms with Gasteiger partial charge in [0, 0.05) is 23.0 Å². The zero-order valence-electron chi connectivity index (χ0n) is 21.3. The Morgan fingerprint density at radius 2 is 1.58 bits per heavy atom. The second kappa shape index (κ2) is 14.6. The highest BCUT2D eigenvalue weighted by atomic mass is 16.5. The van der Waals surface area contributed by atoms with Gasteiger partial charge in [-0.1, -0.05) is 69.0 Å². The number of hydrogen-bond donors (Lipinski definition) is 3. The van der Waals surface area contributed by atoms with Crippen LogP contribution >= 0.6 is 0 Å². The average Bonchev–Trinajstić information content (AvgIpc) is 2.90. The lowest BCUT2D eigenvalue weighted by atomic mass is 10.1. The number of carbonyl (C=O) groups excluding carboxylic acids is 2. The van der Waals surface area contributed by atoms with Crippen LogP contribution in [0.1, 0.15) is 67.9 Å². The average molecular weight is 488 g/mol. The van der Waals surface area contributed by atoms with Crippen molar-refractivity contribution >= 4 is 23.2 Å². The van der Waals surface area contributed by atoms with E-state index < -0.39 is 0 Å². The standard InChI is InChI=1S/C30H37N3O3/c1-3-4-5-6-10-20-36-28-15-11-14-27(21-28)31-22-29(34)33-26-18-16-25(17-19-26)30(35)32-23(2)24-12-8-7-9-13-24/h7-9,11-19,21,23,31H,3-6,10,20,22H2,1-2H3,(H,32,35)(H,33,34). The van der Waals surface area contributed by atoms with E-state index in [9.17, 15) is 9.59 Å². The molecule has 0 aliphatic carbocycles. The fourth-order valence-electron chi connectivity index (χ4n) is 3.79. The van der Waals surface area contributed by atoms with Crippen molar-refractivity contribution in [3.63, 3.8) is 0 Å². The maximum absolute atomic E-state index is 12.6. The Morgan fingerprint density at radius 1 is 0.833 bits per heavy atom. The Hall–Kier alpha value is -3.80. The van der Waals surface area contributed by atoms with Crippen LogP contribution in [0.3, 0.4) is 0 Å². The highest BCUT2D eigenvalue weighted by Gasteiger charge is 2.11. The van der Waals surface area contributed by atoms with Crippen molar-refractivity contribution in [3.05, 3.63) is 90.0 Å². The van der Waals surface area contributed by atoms with Gasteiger partial charge in [0.15, 0.2) is 0 Å². The third-order valence-electron chi connectivity index (χ3n) is 5.88. The molecule has 0 saturated carbocycles. The number of ether oxygens (including phenoxy) is 1. The molecule has 0 spiro atoms. The lowest BCUT2D eigenvalue weighted by Gasteiger charge is -2.14. The van der Waals surface area contributed by atoms with Gasteiger partial charge in [-0.15, -0.1) is 0 Å². The number of hydrogen-bond acceptors (Lipinski definition) is 4. The molecule has 36 heavy (non-hydrogen) atoms. The first kappa shape index (κ1) is 26.8. The van der Waals surface area contributed by atoms with Crippen molar-refractivity contribution in [1.82, 2.24) is 5.32 Å². The highest BCUT2D eigenvalue weighted by Crippen LogP contribution is 2.18. The van der Waals surface area contributed by atoms with Crippen LogP contribution in [0.25, 0.3) is 0 Å². The number of carbonyl (C=O) groups is 2. The summed E-state index contributed by atoms with van der Waals surface area (Å²) in [7, 11) is 0. The Kier molecular flexibility index (Phi) is 10.8. The van der Waals surface area contributed by atoms with Crippen LogP contribution in [-0.2, 0) is 4.79 Å². The predicted octanol–water partition coefficient (Wildman–Crippen LogP) is 6.58. The Morgan fingerprint density at radius 3 is 2.33 bits per heavy atom. The van der Waals surface area contributed by atoms with E-state index in [0.29, 0.717) is 17.9 Å². The van der Waals surface area contributed by atoms with E-state index in [0.717, 1.165) is 23.4 Å². The van der Waals surface area contributed by atoms with Gasteiger partial charge in [-0.05, 0) is 55.3 Å². The molecule has 0 aromatic heterocycles. The van der Waals surface area contributed by atoms with Gasteiger partial charge in [-0.3, -0.25) is 9.59 Å². The summed E-state index contributed by atoms with van der Waals surface area (Å²) in [5.41, 5.74) is 3.04. The summed E-state index contributed by atoms with van der Waals surface area (Å²) in [6.07, 6.45) is 5.99. The van der Waals surface area contributed by atoms with Gasteiger partial charge in [0.1, 0.15) is 5.75 Å². The number of unbranched alkanes of at least 4 members (excludes halogenated alkanes) is 4. The fraction of sp³-hybridized carbons (Fsp3) is 0.333. The van der Waals surface area contributed by atoms with E-state index in [1.807, 2.05) is 61.5 Å². The second-order valence-electron chi connectivity index (χ2n) is 8.88. The Balaban J connectivity index is 1.41. The van der Waals surface area contributed by atoms with Crippen LogP contribution in [-0.4, -0.2) is 25.0 Å². The fourth-order valence-corrected chi connectivity index (χ4v) is 3.79. The number of nitrogens with one attached hydrogen (secondary N) is 3. The van der Waals surface area contributed by atoms with Crippen LogP contribution in [0.4, 0.5) is 11.4 Å². The molecule has 3 N–H and O–H groups in total. The van der Waals surface area contributed by atoms with Gasteiger partial charge >= 0.3 is 0 Å². The third-order valence-corrected chi connectivity index (χ3v) is 5.88.